The van der Waals surface area contributed by atoms with Crippen LogP contribution in [-0.2, 0) is 10.8 Å². The van der Waals surface area contributed by atoms with Gasteiger partial charge < -0.3 is 5.73 Å². The summed E-state index contributed by atoms with van der Waals surface area (Å²) in [6.07, 6.45) is 0.838. The van der Waals surface area contributed by atoms with Crippen molar-refractivity contribution in [1.82, 2.24) is 0 Å². The van der Waals surface area contributed by atoms with Crippen molar-refractivity contribution in [2.45, 2.75) is 23.5 Å². The van der Waals surface area contributed by atoms with Gasteiger partial charge in [0.25, 0.3) is 0 Å². The molecule has 0 heterocycles. The molecular formula is C10H14BrNOS. The van der Waals surface area contributed by atoms with Crippen molar-refractivity contribution in [1.29, 1.82) is 0 Å². The molecular weight excluding hydrogens is 262 g/mol. The Morgan fingerprint density at radius 1 is 1.50 bits per heavy atom. The normalized spacial score (nSPS) is 15.1. The first-order chi connectivity index (χ1) is 6.70. The van der Waals surface area contributed by atoms with E-state index >= 15 is 0 Å². The zero-order chi connectivity index (χ0) is 10.6. The average Bonchev–Trinajstić information content (AvgIpc) is 2.20. The summed E-state index contributed by atoms with van der Waals surface area (Å²) in [5.74, 6) is 0. The lowest BCUT2D eigenvalue weighted by molar-refractivity contribution is 0.663. The van der Waals surface area contributed by atoms with E-state index in [1.54, 1.807) is 0 Å². The van der Waals surface area contributed by atoms with Crippen LogP contribution in [0, 0.1) is 0 Å². The van der Waals surface area contributed by atoms with Gasteiger partial charge in [-0.2, -0.15) is 0 Å². The predicted octanol–water partition coefficient (Wildman–Crippen LogP) is 2.29. The molecule has 1 aromatic carbocycles. The van der Waals surface area contributed by atoms with E-state index in [1.807, 2.05) is 31.2 Å². The van der Waals surface area contributed by atoms with Crippen molar-refractivity contribution in [2.75, 3.05) is 6.54 Å². The van der Waals surface area contributed by atoms with Gasteiger partial charge in [0.1, 0.15) is 0 Å². The monoisotopic (exact) mass is 275 g/mol. The van der Waals surface area contributed by atoms with Gasteiger partial charge in [0, 0.05) is 11.0 Å². The van der Waals surface area contributed by atoms with Crippen molar-refractivity contribution in [3.63, 3.8) is 0 Å². The van der Waals surface area contributed by atoms with Gasteiger partial charge in [0.2, 0.25) is 0 Å². The highest BCUT2D eigenvalue weighted by atomic mass is 79.9. The Bertz CT molecular complexity index is 326. The second-order valence-electron chi connectivity index (χ2n) is 2.99. The van der Waals surface area contributed by atoms with Crippen LogP contribution in [-0.4, -0.2) is 16.0 Å². The molecule has 0 radical (unpaired) electrons. The van der Waals surface area contributed by atoms with Crippen molar-refractivity contribution < 1.29 is 4.21 Å². The summed E-state index contributed by atoms with van der Waals surface area (Å²) in [4.78, 5) is 0.838. The maximum atomic E-state index is 12.0. The Morgan fingerprint density at radius 2 is 2.14 bits per heavy atom. The van der Waals surface area contributed by atoms with Crippen molar-refractivity contribution in [2.24, 2.45) is 5.73 Å². The molecule has 2 N–H and O–H groups in total. The zero-order valence-corrected chi connectivity index (χ0v) is 10.5. The number of hydrogen-bond acceptors (Lipinski definition) is 2. The highest BCUT2D eigenvalue weighted by Gasteiger charge is 2.16. The Kier molecular flexibility index (Phi) is 4.78. The van der Waals surface area contributed by atoms with E-state index in [2.05, 4.69) is 15.9 Å². The highest BCUT2D eigenvalue weighted by molar-refractivity contribution is 9.10. The summed E-state index contributed by atoms with van der Waals surface area (Å²) >= 11 is 3.39. The molecule has 0 aliphatic heterocycles. The average molecular weight is 276 g/mol. The molecule has 1 rings (SSSR count). The molecule has 0 amide bonds. The standard InChI is InChI=1S/C10H14BrNOS/c1-2-8(7-12)14(13)10-6-4-3-5-9(10)11/h3-6,8H,2,7,12H2,1H3. The minimum atomic E-state index is -1.00. The Morgan fingerprint density at radius 3 is 2.64 bits per heavy atom. The van der Waals surface area contributed by atoms with Crippen LogP contribution in [0.4, 0.5) is 0 Å². The van der Waals surface area contributed by atoms with Crippen LogP contribution < -0.4 is 5.73 Å². The molecule has 0 aliphatic rings. The van der Waals surface area contributed by atoms with Crippen LogP contribution in [0.5, 0.6) is 0 Å². The van der Waals surface area contributed by atoms with Crippen LogP contribution in [0.15, 0.2) is 33.6 Å². The van der Waals surface area contributed by atoms with Gasteiger partial charge in [0.05, 0.1) is 20.9 Å². The molecule has 0 bridgehead atoms. The molecule has 14 heavy (non-hydrogen) atoms. The SMILES string of the molecule is CCC(CN)S(=O)c1ccccc1Br. The van der Waals surface area contributed by atoms with Gasteiger partial charge in [-0.15, -0.1) is 0 Å². The number of nitrogens with two attached hydrogens (primary N) is 1. The smallest absolute Gasteiger partial charge is 0.0585 e. The largest absolute Gasteiger partial charge is 0.329 e. The molecule has 0 saturated carbocycles. The Hall–Kier alpha value is -0.190. The highest BCUT2D eigenvalue weighted by Crippen LogP contribution is 2.22. The lowest BCUT2D eigenvalue weighted by Crippen LogP contribution is -2.24. The van der Waals surface area contributed by atoms with Crippen molar-refractivity contribution in [3.8, 4) is 0 Å². The summed E-state index contributed by atoms with van der Waals surface area (Å²) in [6, 6.07) is 7.57. The summed E-state index contributed by atoms with van der Waals surface area (Å²) < 4.78 is 12.9. The molecule has 0 aromatic heterocycles. The summed E-state index contributed by atoms with van der Waals surface area (Å²) in [6.45, 7) is 2.47. The number of hydrogen-bond donors (Lipinski definition) is 1. The number of benzene rings is 1. The van der Waals surface area contributed by atoms with Crippen molar-refractivity contribution in [3.05, 3.63) is 28.7 Å². The molecule has 0 spiro atoms. The molecule has 1 aromatic rings. The van der Waals surface area contributed by atoms with Gasteiger partial charge in [-0.1, -0.05) is 19.1 Å². The van der Waals surface area contributed by atoms with Crippen LogP contribution in [0.3, 0.4) is 0 Å². The molecule has 2 unspecified atom stereocenters. The summed E-state index contributed by atoms with van der Waals surface area (Å²) in [5.41, 5.74) is 5.56. The third-order valence-electron chi connectivity index (χ3n) is 2.07. The molecule has 0 saturated heterocycles. The van der Waals surface area contributed by atoms with Gasteiger partial charge in [0.15, 0.2) is 0 Å². The summed E-state index contributed by atoms with van der Waals surface area (Å²) in [7, 11) is -1.00. The molecule has 2 atom stereocenters. The van der Waals surface area contributed by atoms with E-state index in [0.29, 0.717) is 6.54 Å². The topological polar surface area (TPSA) is 43.1 Å². The summed E-state index contributed by atoms with van der Waals surface area (Å²) in [5, 5.41) is 0.0497. The van der Waals surface area contributed by atoms with Gasteiger partial charge in [-0.25, -0.2) is 0 Å². The first-order valence-electron chi connectivity index (χ1n) is 4.55. The molecule has 2 nitrogen and oxygen atoms in total. The Labute approximate surface area is 95.5 Å². The minimum Gasteiger partial charge on any atom is -0.329 e. The minimum absolute atomic E-state index is 0.0497. The third-order valence-corrected chi connectivity index (χ3v) is 4.95. The molecule has 0 fully saturated rings. The van der Waals surface area contributed by atoms with Gasteiger partial charge >= 0.3 is 0 Å². The van der Waals surface area contributed by atoms with Crippen LogP contribution in [0.2, 0.25) is 0 Å². The lowest BCUT2D eigenvalue weighted by atomic mass is 10.3. The number of halogens is 1. The predicted molar refractivity (Wildman–Crippen MR) is 63.7 cm³/mol. The maximum Gasteiger partial charge on any atom is 0.0585 e. The maximum absolute atomic E-state index is 12.0. The fourth-order valence-electron chi connectivity index (χ4n) is 1.19. The van der Waals surface area contributed by atoms with E-state index < -0.39 is 10.8 Å². The van der Waals surface area contributed by atoms with Crippen LogP contribution >= 0.6 is 15.9 Å². The van der Waals surface area contributed by atoms with Gasteiger partial charge in [-0.05, 0) is 34.5 Å². The first-order valence-corrected chi connectivity index (χ1v) is 6.56. The molecule has 0 aliphatic carbocycles. The van der Waals surface area contributed by atoms with E-state index in [4.69, 9.17) is 5.73 Å². The first kappa shape index (κ1) is 11.9. The second kappa shape index (κ2) is 5.63. The Balaban J connectivity index is 2.94. The third kappa shape index (κ3) is 2.65. The lowest BCUT2D eigenvalue weighted by Gasteiger charge is -2.12. The van der Waals surface area contributed by atoms with Crippen LogP contribution in [0.25, 0.3) is 0 Å². The molecule has 78 valence electrons. The van der Waals surface area contributed by atoms with E-state index in [1.165, 1.54) is 0 Å². The fraction of sp³-hybridized carbons (Fsp3) is 0.400. The second-order valence-corrected chi connectivity index (χ2v) is 5.55. The number of rotatable bonds is 4. The van der Waals surface area contributed by atoms with Gasteiger partial charge in [-0.3, -0.25) is 4.21 Å². The van der Waals surface area contributed by atoms with Crippen LogP contribution in [0.1, 0.15) is 13.3 Å². The zero-order valence-electron chi connectivity index (χ0n) is 8.07. The fourth-order valence-corrected chi connectivity index (χ4v) is 3.27. The van der Waals surface area contributed by atoms with Crippen molar-refractivity contribution >= 4 is 26.7 Å². The van der Waals surface area contributed by atoms with E-state index in [0.717, 1.165) is 15.8 Å². The van der Waals surface area contributed by atoms with E-state index in [-0.39, 0.29) is 5.25 Å². The quantitative estimate of drug-likeness (QED) is 0.917. The molecule has 4 heteroatoms. The van der Waals surface area contributed by atoms with E-state index in [9.17, 15) is 4.21 Å².